The molecule has 0 spiro atoms. The number of carbonyl (C=O) groups excluding carboxylic acids is 1. The Morgan fingerprint density at radius 3 is 2.80 bits per heavy atom. The number of carbonyl (C=O) groups is 1. The maximum Gasteiger partial charge on any atom is 0.255 e. The normalized spacial score (nSPS) is 10.6. The van der Waals surface area contributed by atoms with Gasteiger partial charge >= 0.3 is 0 Å². The van der Waals surface area contributed by atoms with Crippen LogP contribution in [0.15, 0.2) is 24.4 Å². The van der Waals surface area contributed by atoms with Crippen LogP contribution in [0.1, 0.15) is 27.2 Å². The van der Waals surface area contributed by atoms with Gasteiger partial charge in [0.1, 0.15) is 5.82 Å². The highest BCUT2D eigenvalue weighted by Crippen LogP contribution is 2.11. The van der Waals surface area contributed by atoms with Gasteiger partial charge in [-0.3, -0.25) is 9.48 Å². The average molecular weight is 276 g/mol. The van der Waals surface area contributed by atoms with Crippen molar-refractivity contribution in [3.05, 3.63) is 52.6 Å². The lowest BCUT2D eigenvalue weighted by atomic mass is 10.1. The maximum atomic E-state index is 13.8. The zero-order valence-corrected chi connectivity index (χ0v) is 11.5. The van der Waals surface area contributed by atoms with Gasteiger partial charge in [-0.1, -0.05) is 12.1 Å². The Kier molecular flexibility index (Phi) is 4.14. The Morgan fingerprint density at radius 2 is 2.25 bits per heavy atom. The van der Waals surface area contributed by atoms with Crippen molar-refractivity contribution >= 4 is 5.91 Å². The summed E-state index contributed by atoms with van der Waals surface area (Å²) in [5, 5.41) is 6.78. The van der Waals surface area contributed by atoms with Crippen LogP contribution in [0.5, 0.6) is 0 Å². The number of benzene rings is 1. The minimum atomic E-state index is -0.365. The lowest BCUT2D eigenvalue weighted by Gasteiger charge is -2.07. The van der Waals surface area contributed by atoms with Crippen LogP contribution < -0.4 is 11.1 Å². The Balaban J connectivity index is 2.05. The Hall–Kier alpha value is -2.21. The Morgan fingerprint density at radius 1 is 1.50 bits per heavy atom. The summed E-state index contributed by atoms with van der Waals surface area (Å²) < 4.78 is 15.3. The van der Waals surface area contributed by atoms with E-state index in [-0.39, 0.29) is 18.3 Å². The fraction of sp³-hybridized carbons (Fsp3) is 0.286. The van der Waals surface area contributed by atoms with Crippen LogP contribution in [0.3, 0.4) is 0 Å². The van der Waals surface area contributed by atoms with E-state index in [1.54, 1.807) is 37.0 Å². The van der Waals surface area contributed by atoms with Crippen LogP contribution in [-0.4, -0.2) is 15.7 Å². The third-order valence-electron chi connectivity index (χ3n) is 3.05. The van der Waals surface area contributed by atoms with Gasteiger partial charge in [0.25, 0.3) is 5.91 Å². The zero-order valence-electron chi connectivity index (χ0n) is 11.5. The van der Waals surface area contributed by atoms with Crippen molar-refractivity contribution in [2.24, 2.45) is 12.8 Å². The predicted molar refractivity (Wildman–Crippen MR) is 73.4 cm³/mol. The SMILES string of the molecule is Cc1nn(C)cc1C(=O)NCc1ccc(CN)cc1F. The van der Waals surface area contributed by atoms with Gasteiger partial charge in [-0.05, 0) is 18.6 Å². The van der Waals surface area contributed by atoms with E-state index in [0.717, 1.165) is 5.56 Å². The average Bonchev–Trinajstić information content (AvgIpc) is 2.76. The van der Waals surface area contributed by atoms with Gasteiger partial charge < -0.3 is 11.1 Å². The quantitative estimate of drug-likeness (QED) is 0.883. The van der Waals surface area contributed by atoms with E-state index in [0.29, 0.717) is 23.4 Å². The highest BCUT2D eigenvalue weighted by Gasteiger charge is 2.13. The number of nitrogens with two attached hydrogens (primary N) is 1. The standard InChI is InChI=1S/C14H17FN4O/c1-9-12(8-19(2)18-9)14(20)17-7-11-4-3-10(6-16)5-13(11)15/h3-5,8H,6-7,16H2,1-2H3,(H,17,20). The molecule has 0 saturated carbocycles. The molecule has 0 bridgehead atoms. The number of aryl methyl sites for hydroxylation is 2. The molecule has 0 radical (unpaired) electrons. The Bertz CT molecular complexity index is 636. The highest BCUT2D eigenvalue weighted by atomic mass is 19.1. The molecule has 3 N–H and O–H groups in total. The predicted octanol–water partition coefficient (Wildman–Crippen LogP) is 1.26. The van der Waals surface area contributed by atoms with E-state index >= 15 is 0 Å². The fourth-order valence-corrected chi connectivity index (χ4v) is 1.95. The molecule has 1 aromatic carbocycles. The summed E-state index contributed by atoms with van der Waals surface area (Å²) in [6.45, 7) is 2.17. The first kappa shape index (κ1) is 14.2. The van der Waals surface area contributed by atoms with Crippen LogP contribution in [0.2, 0.25) is 0 Å². The largest absolute Gasteiger partial charge is 0.348 e. The van der Waals surface area contributed by atoms with Crippen molar-refractivity contribution in [3.8, 4) is 0 Å². The van der Waals surface area contributed by atoms with Crippen LogP contribution in [0, 0.1) is 12.7 Å². The zero-order chi connectivity index (χ0) is 14.7. The first-order valence-electron chi connectivity index (χ1n) is 6.27. The lowest BCUT2D eigenvalue weighted by molar-refractivity contribution is 0.0950. The molecule has 106 valence electrons. The first-order valence-corrected chi connectivity index (χ1v) is 6.27. The molecule has 2 rings (SSSR count). The van der Waals surface area contributed by atoms with Gasteiger partial charge in [0, 0.05) is 31.9 Å². The fourth-order valence-electron chi connectivity index (χ4n) is 1.95. The molecule has 0 saturated heterocycles. The number of rotatable bonds is 4. The number of aromatic nitrogens is 2. The van der Waals surface area contributed by atoms with Gasteiger partial charge in [-0.2, -0.15) is 5.10 Å². The summed E-state index contributed by atoms with van der Waals surface area (Å²) in [4.78, 5) is 12.0. The molecule has 20 heavy (non-hydrogen) atoms. The summed E-state index contributed by atoms with van der Waals surface area (Å²) in [7, 11) is 1.75. The molecule has 0 fully saturated rings. The van der Waals surface area contributed by atoms with Crippen molar-refractivity contribution in [2.45, 2.75) is 20.0 Å². The van der Waals surface area contributed by atoms with E-state index in [4.69, 9.17) is 5.73 Å². The van der Waals surface area contributed by atoms with E-state index in [1.807, 2.05) is 0 Å². The second-order valence-corrected chi connectivity index (χ2v) is 4.61. The van der Waals surface area contributed by atoms with Crippen molar-refractivity contribution < 1.29 is 9.18 Å². The van der Waals surface area contributed by atoms with Crippen LogP contribution >= 0.6 is 0 Å². The molecular weight excluding hydrogens is 259 g/mol. The summed E-state index contributed by atoms with van der Waals surface area (Å²) in [6.07, 6.45) is 1.64. The van der Waals surface area contributed by atoms with Crippen molar-refractivity contribution in [1.29, 1.82) is 0 Å². The number of nitrogens with zero attached hydrogens (tertiary/aromatic N) is 2. The van der Waals surface area contributed by atoms with Crippen LogP contribution in [0.4, 0.5) is 4.39 Å². The third kappa shape index (κ3) is 3.03. The number of nitrogens with one attached hydrogen (secondary N) is 1. The summed E-state index contributed by atoms with van der Waals surface area (Å²) in [5.41, 5.74) is 7.73. The third-order valence-corrected chi connectivity index (χ3v) is 3.05. The monoisotopic (exact) mass is 276 g/mol. The summed E-state index contributed by atoms with van der Waals surface area (Å²) in [6, 6.07) is 4.77. The first-order chi connectivity index (χ1) is 9.51. The molecule has 1 aromatic heterocycles. The molecule has 1 amide bonds. The molecular formula is C14H17FN4O. The maximum absolute atomic E-state index is 13.8. The number of hydrogen-bond acceptors (Lipinski definition) is 3. The van der Waals surface area contributed by atoms with Gasteiger partial charge in [0.05, 0.1) is 11.3 Å². The minimum Gasteiger partial charge on any atom is -0.348 e. The second-order valence-electron chi connectivity index (χ2n) is 4.61. The smallest absolute Gasteiger partial charge is 0.255 e. The summed E-state index contributed by atoms with van der Waals surface area (Å²) >= 11 is 0. The topological polar surface area (TPSA) is 72.9 Å². The minimum absolute atomic E-state index is 0.129. The van der Waals surface area contributed by atoms with E-state index in [1.165, 1.54) is 6.07 Å². The van der Waals surface area contributed by atoms with Gasteiger partial charge in [0.2, 0.25) is 0 Å². The summed E-state index contributed by atoms with van der Waals surface area (Å²) in [5.74, 6) is -0.630. The molecule has 0 atom stereocenters. The van der Waals surface area contributed by atoms with Gasteiger partial charge in [-0.15, -0.1) is 0 Å². The molecule has 0 unspecified atom stereocenters. The molecule has 0 aliphatic heterocycles. The molecule has 5 nitrogen and oxygen atoms in total. The van der Waals surface area contributed by atoms with Crippen LogP contribution in [0.25, 0.3) is 0 Å². The molecule has 1 heterocycles. The number of amides is 1. The van der Waals surface area contributed by atoms with E-state index < -0.39 is 0 Å². The van der Waals surface area contributed by atoms with Crippen molar-refractivity contribution in [2.75, 3.05) is 0 Å². The molecule has 0 aliphatic carbocycles. The van der Waals surface area contributed by atoms with Crippen LogP contribution in [-0.2, 0) is 20.1 Å². The van der Waals surface area contributed by atoms with E-state index in [2.05, 4.69) is 10.4 Å². The highest BCUT2D eigenvalue weighted by molar-refractivity contribution is 5.94. The molecule has 6 heteroatoms. The van der Waals surface area contributed by atoms with Crippen molar-refractivity contribution in [1.82, 2.24) is 15.1 Å². The molecule has 2 aromatic rings. The van der Waals surface area contributed by atoms with Gasteiger partial charge in [0.15, 0.2) is 0 Å². The Labute approximate surface area is 116 Å². The van der Waals surface area contributed by atoms with Gasteiger partial charge in [-0.25, -0.2) is 4.39 Å². The number of halogens is 1. The van der Waals surface area contributed by atoms with E-state index in [9.17, 15) is 9.18 Å². The molecule has 0 aliphatic rings. The second kappa shape index (κ2) is 5.83. The number of hydrogen-bond donors (Lipinski definition) is 2. The van der Waals surface area contributed by atoms with Crippen molar-refractivity contribution in [3.63, 3.8) is 0 Å². The lowest BCUT2D eigenvalue weighted by Crippen LogP contribution is -2.23.